The summed E-state index contributed by atoms with van der Waals surface area (Å²) < 4.78 is 0. The minimum Gasteiger partial charge on any atom is -0.0913 e. The quantitative estimate of drug-likeness (QED) is 0.487. The van der Waals surface area contributed by atoms with E-state index in [-0.39, 0.29) is 0 Å². The Hall–Kier alpha value is 0.170. The van der Waals surface area contributed by atoms with Gasteiger partial charge in [0.05, 0.1) is 0 Å². The molecule has 0 N–H and O–H groups in total. The molecule has 2 rings (SSSR count). The van der Waals surface area contributed by atoms with E-state index in [0.29, 0.717) is 5.41 Å². The van der Waals surface area contributed by atoms with Crippen LogP contribution >= 0.6 is 8.58 Å². The first kappa shape index (κ1) is 7.80. The van der Waals surface area contributed by atoms with Crippen molar-refractivity contribution in [1.29, 1.82) is 0 Å². The number of allylic oxidation sites excluding steroid dienone is 2. The van der Waals surface area contributed by atoms with Gasteiger partial charge in [-0.25, -0.2) is 0 Å². The Morgan fingerprint density at radius 2 is 2.00 bits per heavy atom. The van der Waals surface area contributed by atoms with E-state index < -0.39 is 0 Å². The van der Waals surface area contributed by atoms with Crippen molar-refractivity contribution in [2.24, 2.45) is 17.3 Å². The van der Waals surface area contributed by atoms with E-state index in [1.165, 1.54) is 0 Å². The van der Waals surface area contributed by atoms with Crippen LogP contribution in [0.15, 0.2) is 11.4 Å². The Balaban J connectivity index is 2.15. The molecule has 11 heavy (non-hydrogen) atoms. The minimum absolute atomic E-state index is 0.520. The van der Waals surface area contributed by atoms with E-state index in [0.717, 1.165) is 26.1 Å². The third-order valence-electron chi connectivity index (χ3n) is 2.93. The first-order chi connectivity index (χ1) is 5.00. The second-order valence-electron chi connectivity index (χ2n) is 4.97. The van der Waals surface area contributed by atoms with E-state index in [2.05, 4.69) is 33.8 Å². The summed E-state index contributed by atoms with van der Waals surface area (Å²) in [7, 11) is 1.15. The average molecular weight is 168 g/mol. The molecule has 3 unspecified atom stereocenters. The molecule has 1 aliphatic carbocycles. The van der Waals surface area contributed by atoms with E-state index in [4.69, 9.17) is 0 Å². The van der Waals surface area contributed by atoms with Crippen LogP contribution in [-0.4, -0.2) is 5.66 Å². The van der Waals surface area contributed by atoms with Crippen molar-refractivity contribution in [3.63, 3.8) is 0 Å². The highest BCUT2D eigenvalue weighted by Crippen LogP contribution is 2.64. The Labute approximate surface area is 71.2 Å². The van der Waals surface area contributed by atoms with Crippen molar-refractivity contribution in [3.05, 3.63) is 11.4 Å². The zero-order valence-electron chi connectivity index (χ0n) is 7.81. The maximum absolute atomic E-state index is 2.48. The highest BCUT2D eigenvalue weighted by atomic mass is 31.1. The predicted octanol–water partition coefficient (Wildman–Crippen LogP) is 3.24. The summed E-state index contributed by atoms with van der Waals surface area (Å²) in [4.78, 5) is 0. The average Bonchev–Trinajstić information content (AvgIpc) is 2.38. The van der Waals surface area contributed by atoms with Gasteiger partial charge >= 0.3 is 0 Å². The number of fused-ring (bicyclic) bond motifs is 1. The molecule has 1 aliphatic heterocycles. The molecule has 0 aromatic rings. The van der Waals surface area contributed by atoms with Crippen molar-refractivity contribution < 1.29 is 0 Å². The van der Waals surface area contributed by atoms with E-state index in [1.807, 2.05) is 0 Å². The molecule has 1 heterocycles. The number of rotatable bonds is 0. The van der Waals surface area contributed by atoms with Crippen molar-refractivity contribution in [2.75, 3.05) is 0 Å². The number of hydrogen-bond acceptors (Lipinski definition) is 0. The molecule has 0 amide bonds. The van der Waals surface area contributed by atoms with Crippen LogP contribution in [0, 0.1) is 17.3 Å². The van der Waals surface area contributed by atoms with Crippen molar-refractivity contribution in [2.45, 2.75) is 33.4 Å². The van der Waals surface area contributed by atoms with Gasteiger partial charge in [-0.3, -0.25) is 0 Å². The van der Waals surface area contributed by atoms with Crippen LogP contribution in [0.3, 0.4) is 0 Å². The first-order valence-corrected chi connectivity index (χ1v) is 5.56. The van der Waals surface area contributed by atoms with Crippen LogP contribution in [0.5, 0.6) is 0 Å². The molecule has 62 valence electrons. The Kier molecular flexibility index (Phi) is 1.49. The summed E-state index contributed by atoms with van der Waals surface area (Å²) in [6, 6.07) is 0. The molecular formula is C10H17P. The van der Waals surface area contributed by atoms with Crippen LogP contribution < -0.4 is 0 Å². The summed E-state index contributed by atoms with van der Waals surface area (Å²) in [5.41, 5.74) is 1.48. The van der Waals surface area contributed by atoms with Crippen LogP contribution in [0.1, 0.15) is 27.7 Å². The van der Waals surface area contributed by atoms with Crippen molar-refractivity contribution in [1.82, 2.24) is 0 Å². The highest BCUT2D eigenvalue weighted by Gasteiger charge is 2.48. The van der Waals surface area contributed by atoms with Gasteiger partial charge in [-0.1, -0.05) is 42.4 Å². The maximum atomic E-state index is 2.48. The summed E-state index contributed by atoms with van der Waals surface area (Å²) in [6.45, 7) is 9.57. The smallest absolute Gasteiger partial charge is 0.00625 e. The van der Waals surface area contributed by atoms with Gasteiger partial charge in [0.15, 0.2) is 0 Å². The van der Waals surface area contributed by atoms with Crippen LogP contribution in [0.4, 0.5) is 0 Å². The molecule has 0 aromatic carbocycles. The fourth-order valence-corrected chi connectivity index (χ4v) is 4.60. The molecule has 2 aliphatic rings. The van der Waals surface area contributed by atoms with Crippen molar-refractivity contribution >= 4 is 8.58 Å². The van der Waals surface area contributed by atoms with Gasteiger partial charge in [0.1, 0.15) is 0 Å². The fourth-order valence-electron chi connectivity index (χ4n) is 2.54. The van der Waals surface area contributed by atoms with Gasteiger partial charge < -0.3 is 0 Å². The molecule has 0 radical (unpaired) electrons. The first-order valence-electron chi connectivity index (χ1n) is 4.48. The SMILES string of the molecule is CC1PC2=C[C@H]2C1C(C)(C)C. The molecule has 0 nitrogen and oxygen atoms in total. The molecule has 0 spiro atoms. The summed E-state index contributed by atoms with van der Waals surface area (Å²) >= 11 is 0. The van der Waals surface area contributed by atoms with E-state index in [9.17, 15) is 0 Å². The third kappa shape index (κ3) is 1.16. The lowest BCUT2D eigenvalue weighted by Crippen LogP contribution is -2.27. The van der Waals surface area contributed by atoms with E-state index >= 15 is 0 Å². The Morgan fingerprint density at radius 3 is 2.27 bits per heavy atom. The predicted molar refractivity (Wildman–Crippen MR) is 52.3 cm³/mol. The largest absolute Gasteiger partial charge is 0.0913 e. The summed E-state index contributed by atoms with van der Waals surface area (Å²) in [5, 5.41) is 1.78. The van der Waals surface area contributed by atoms with Gasteiger partial charge in [0, 0.05) is 5.92 Å². The van der Waals surface area contributed by atoms with E-state index in [1.54, 1.807) is 5.31 Å². The molecule has 0 bridgehead atoms. The molecule has 0 saturated carbocycles. The van der Waals surface area contributed by atoms with Gasteiger partial charge in [0.25, 0.3) is 0 Å². The third-order valence-corrected chi connectivity index (χ3v) is 4.58. The molecule has 4 atom stereocenters. The maximum Gasteiger partial charge on any atom is 0.00625 e. The lowest BCUT2D eigenvalue weighted by molar-refractivity contribution is 0.226. The highest BCUT2D eigenvalue weighted by molar-refractivity contribution is 7.45. The van der Waals surface area contributed by atoms with Crippen LogP contribution in [-0.2, 0) is 0 Å². The second-order valence-corrected chi connectivity index (χ2v) is 6.75. The van der Waals surface area contributed by atoms with Crippen LogP contribution in [0.25, 0.3) is 0 Å². The lowest BCUT2D eigenvalue weighted by Gasteiger charge is -2.31. The molecule has 1 fully saturated rings. The molecule has 1 saturated heterocycles. The zero-order valence-corrected chi connectivity index (χ0v) is 8.81. The summed E-state index contributed by atoms with van der Waals surface area (Å²) in [6.07, 6.45) is 2.48. The van der Waals surface area contributed by atoms with Crippen LogP contribution in [0.2, 0.25) is 0 Å². The Morgan fingerprint density at radius 1 is 1.36 bits per heavy atom. The molecule has 0 aromatic heterocycles. The normalized spacial score (nSPS) is 44.0. The van der Waals surface area contributed by atoms with Gasteiger partial charge in [-0.15, -0.1) is 0 Å². The van der Waals surface area contributed by atoms with Gasteiger partial charge in [-0.2, -0.15) is 0 Å². The number of hydrogen-bond donors (Lipinski definition) is 0. The summed E-state index contributed by atoms with van der Waals surface area (Å²) in [5.74, 6) is 1.86. The van der Waals surface area contributed by atoms with Crippen molar-refractivity contribution in [3.8, 4) is 0 Å². The minimum atomic E-state index is 0.520. The van der Waals surface area contributed by atoms with Gasteiger partial charge in [0.2, 0.25) is 0 Å². The fraction of sp³-hybridized carbons (Fsp3) is 0.800. The topological polar surface area (TPSA) is 0 Å². The standard InChI is InChI=1S/C10H17P/c1-6-9(10(2,3)4)7-5-8(7)11-6/h5-7,9,11H,1-4H3/t6?,7-,9?/m1/s1. The molecule has 1 heteroatoms. The second kappa shape index (κ2) is 2.10. The zero-order chi connectivity index (χ0) is 8.22. The lowest BCUT2D eigenvalue weighted by atomic mass is 9.75. The Bertz CT molecular complexity index is 209. The monoisotopic (exact) mass is 168 g/mol. The molecular weight excluding hydrogens is 151 g/mol. The van der Waals surface area contributed by atoms with Gasteiger partial charge in [-0.05, 0) is 22.3 Å².